The van der Waals surface area contributed by atoms with Crippen LogP contribution in [0.1, 0.15) is 16.8 Å². The lowest BCUT2D eigenvalue weighted by molar-refractivity contribution is 0.954. The number of aromatic nitrogens is 3. The molecule has 0 fully saturated rings. The number of benzene rings is 2. The van der Waals surface area contributed by atoms with E-state index in [1.807, 2.05) is 24.3 Å². The standard InChI is InChI=1S/C21H17N3S3/c1-2-15-7-9-16(10-8-15)13-25-20-23-24-21(27-20)26-14-18-12-11-17-5-3-4-6-19(17)22-18/h2-12H,1,13-14H2. The third-order valence-electron chi connectivity index (χ3n) is 3.97. The topological polar surface area (TPSA) is 38.7 Å². The second-order valence-corrected chi connectivity index (χ2v) is 9.27. The van der Waals surface area contributed by atoms with Gasteiger partial charge in [0.2, 0.25) is 0 Å². The fourth-order valence-corrected chi connectivity index (χ4v) is 5.41. The van der Waals surface area contributed by atoms with Gasteiger partial charge in [-0.1, -0.05) is 96.0 Å². The molecule has 4 aromatic rings. The zero-order valence-corrected chi connectivity index (χ0v) is 17.0. The normalized spacial score (nSPS) is 11.0. The average molecular weight is 408 g/mol. The lowest BCUT2D eigenvalue weighted by atomic mass is 10.1. The first-order chi connectivity index (χ1) is 13.3. The Balaban J connectivity index is 1.33. The highest BCUT2D eigenvalue weighted by Gasteiger charge is 2.07. The Morgan fingerprint density at radius 1 is 0.852 bits per heavy atom. The predicted octanol–water partition coefficient (Wildman–Crippen LogP) is 6.31. The predicted molar refractivity (Wildman–Crippen MR) is 117 cm³/mol. The summed E-state index contributed by atoms with van der Waals surface area (Å²) in [6.45, 7) is 3.78. The Bertz CT molecular complexity index is 1060. The van der Waals surface area contributed by atoms with Gasteiger partial charge in [0.15, 0.2) is 8.68 Å². The van der Waals surface area contributed by atoms with Gasteiger partial charge in [-0.15, -0.1) is 10.2 Å². The van der Waals surface area contributed by atoms with Crippen LogP contribution in [0, 0.1) is 0 Å². The van der Waals surface area contributed by atoms with E-state index in [9.17, 15) is 0 Å². The van der Waals surface area contributed by atoms with Crippen molar-refractivity contribution in [3.8, 4) is 0 Å². The molecule has 0 atom stereocenters. The van der Waals surface area contributed by atoms with Crippen molar-refractivity contribution in [1.82, 2.24) is 15.2 Å². The number of fused-ring (bicyclic) bond motifs is 1. The molecular formula is C21H17N3S3. The summed E-state index contributed by atoms with van der Waals surface area (Å²) in [6.07, 6.45) is 1.86. The van der Waals surface area contributed by atoms with E-state index in [-0.39, 0.29) is 0 Å². The van der Waals surface area contributed by atoms with Crippen LogP contribution in [-0.4, -0.2) is 15.2 Å². The van der Waals surface area contributed by atoms with Crippen LogP contribution in [0.15, 0.2) is 75.9 Å². The van der Waals surface area contributed by atoms with Crippen LogP contribution in [0.4, 0.5) is 0 Å². The molecule has 2 heterocycles. The first-order valence-corrected chi connectivity index (χ1v) is 11.2. The number of nitrogens with zero attached hydrogens (tertiary/aromatic N) is 3. The second-order valence-electron chi connectivity index (χ2n) is 5.85. The molecule has 0 amide bonds. The summed E-state index contributed by atoms with van der Waals surface area (Å²) in [5.74, 6) is 1.69. The Hall–Kier alpha value is -2.15. The van der Waals surface area contributed by atoms with Crippen LogP contribution < -0.4 is 0 Å². The van der Waals surface area contributed by atoms with Crippen LogP contribution in [0.2, 0.25) is 0 Å². The van der Waals surface area contributed by atoms with Crippen molar-refractivity contribution in [3.05, 3.63) is 84.1 Å². The van der Waals surface area contributed by atoms with Crippen LogP contribution in [0.25, 0.3) is 17.0 Å². The summed E-state index contributed by atoms with van der Waals surface area (Å²) >= 11 is 5.05. The van der Waals surface area contributed by atoms with E-state index < -0.39 is 0 Å². The van der Waals surface area contributed by atoms with Gasteiger partial charge in [-0.25, -0.2) is 0 Å². The molecular weight excluding hydrogens is 390 g/mol. The smallest absolute Gasteiger partial charge is 0.175 e. The van der Waals surface area contributed by atoms with Gasteiger partial charge in [-0.2, -0.15) is 0 Å². The summed E-state index contributed by atoms with van der Waals surface area (Å²) < 4.78 is 1.98. The number of rotatable bonds is 7. The largest absolute Gasteiger partial charge is 0.252 e. The molecule has 0 aliphatic rings. The first kappa shape index (κ1) is 18.2. The zero-order chi connectivity index (χ0) is 18.5. The van der Waals surface area contributed by atoms with Crippen molar-refractivity contribution in [2.75, 3.05) is 0 Å². The monoisotopic (exact) mass is 407 g/mol. The van der Waals surface area contributed by atoms with Gasteiger partial charge in [0.05, 0.1) is 11.2 Å². The van der Waals surface area contributed by atoms with E-state index in [1.54, 1.807) is 34.9 Å². The minimum atomic E-state index is 0.799. The maximum atomic E-state index is 4.71. The van der Waals surface area contributed by atoms with E-state index in [1.165, 1.54) is 10.9 Å². The summed E-state index contributed by atoms with van der Waals surface area (Å²) in [6, 6.07) is 20.8. The van der Waals surface area contributed by atoms with Crippen molar-refractivity contribution >= 4 is 51.8 Å². The van der Waals surface area contributed by atoms with Crippen LogP contribution >= 0.6 is 34.9 Å². The fraction of sp³-hybridized carbons (Fsp3) is 0.0952. The van der Waals surface area contributed by atoms with Gasteiger partial charge < -0.3 is 0 Å². The molecule has 0 bridgehead atoms. The lowest BCUT2D eigenvalue weighted by Crippen LogP contribution is -1.87. The number of hydrogen-bond donors (Lipinski definition) is 0. The molecule has 2 aromatic carbocycles. The zero-order valence-electron chi connectivity index (χ0n) is 14.5. The first-order valence-electron chi connectivity index (χ1n) is 8.45. The van der Waals surface area contributed by atoms with Crippen molar-refractivity contribution in [2.24, 2.45) is 0 Å². The fourth-order valence-electron chi connectivity index (χ4n) is 2.53. The Labute approximate surface area is 171 Å². The second kappa shape index (κ2) is 8.69. The summed E-state index contributed by atoms with van der Waals surface area (Å²) in [5, 5.41) is 9.77. The molecule has 0 radical (unpaired) electrons. The van der Waals surface area contributed by atoms with E-state index in [2.05, 4.69) is 59.2 Å². The molecule has 0 saturated heterocycles. The molecule has 6 heteroatoms. The van der Waals surface area contributed by atoms with Crippen LogP contribution in [-0.2, 0) is 11.5 Å². The number of thioether (sulfide) groups is 2. The van der Waals surface area contributed by atoms with Crippen LogP contribution in [0.3, 0.4) is 0 Å². The summed E-state index contributed by atoms with van der Waals surface area (Å²) in [7, 11) is 0. The molecule has 0 aliphatic heterocycles. The highest BCUT2D eigenvalue weighted by atomic mass is 32.2. The number of hydrogen-bond acceptors (Lipinski definition) is 6. The van der Waals surface area contributed by atoms with Crippen molar-refractivity contribution in [2.45, 2.75) is 20.2 Å². The molecule has 0 N–H and O–H groups in total. The highest BCUT2D eigenvalue weighted by molar-refractivity contribution is 8.02. The molecule has 134 valence electrons. The molecule has 0 saturated carbocycles. The third-order valence-corrected chi connectivity index (χ3v) is 7.26. The molecule has 4 rings (SSSR count). The SMILES string of the molecule is C=Cc1ccc(CSc2nnc(SCc3ccc4ccccc4n3)s2)cc1. The number of pyridine rings is 1. The quantitative estimate of drug-likeness (QED) is 0.335. The van der Waals surface area contributed by atoms with Crippen molar-refractivity contribution in [1.29, 1.82) is 0 Å². The third kappa shape index (κ3) is 4.77. The van der Waals surface area contributed by atoms with E-state index in [0.717, 1.165) is 37.0 Å². The minimum absolute atomic E-state index is 0.799. The van der Waals surface area contributed by atoms with Gasteiger partial charge in [0, 0.05) is 16.9 Å². The Kier molecular flexibility index (Phi) is 5.87. The van der Waals surface area contributed by atoms with Crippen molar-refractivity contribution < 1.29 is 0 Å². The molecule has 0 aliphatic carbocycles. The Morgan fingerprint density at radius 3 is 2.37 bits per heavy atom. The van der Waals surface area contributed by atoms with Crippen LogP contribution in [0.5, 0.6) is 0 Å². The lowest BCUT2D eigenvalue weighted by Gasteiger charge is -2.01. The Morgan fingerprint density at radius 2 is 1.59 bits per heavy atom. The molecule has 0 unspecified atom stereocenters. The van der Waals surface area contributed by atoms with Gasteiger partial charge >= 0.3 is 0 Å². The van der Waals surface area contributed by atoms with E-state index >= 15 is 0 Å². The minimum Gasteiger partial charge on any atom is -0.252 e. The molecule has 0 spiro atoms. The van der Waals surface area contributed by atoms with E-state index in [4.69, 9.17) is 4.98 Å². The molecule has 3 nitrogen and oxygen atoms in total. The maximum absolute atomic E-state index is 4.71. The summed E-state index contributed by atoms with van der Waals surface area (Å²) in [5.41, 5.74) is 4.51. The van der Waals surface area contributed by atoms with Gasteiger partial charge in [-0.3, -0.25) is 4.98 Å². The summed E-state index contributed by atoms with van der Waals surface area (Å²) in [4.78, 5) is 4.71. The maximum Gasteiger partial charge on any atom is 0.175 e. The van der Waals surface area contributed by atoms with Gasteiger partial charge in [0.25, 0.3) is 0 Å². The van der Waals surface area contributed by atoms with E-state index in [0.29, 0.717) is 0 Å². The van der Waals surface area contributed by atoms with Crippen molar-refractivity contribution in [3.63, 3.8) is 0 Å². The molecule has 27 heavy (non-hydrogen) atoms. The van der Waals surface area contributed by atoms with Gasteiger partial charge in [-0.05, 0) is 23.3 Å². The number of para-hydroxylation sites is 1. The molecule has 2 aromatic heterocycles. The van der Waals surface area contributed by atoms with Gasteiger partial charge in [0.1, 0.15) is 0 Å². The average Bonchev–Trinajstić information content (AvgIpc) is 3.19. The highest BCUT2D eigenvalue weighted by Crippen LogP contribution is 2.32.